The van der Waals surface area contributed by atoms with Crippen molar-refractivity contribution >= 4 is 6.08 Å². The van der Waals surface area contributed by atoms with Crippen LogP contribution in [-0.4, -0.2) is 11.5 Å². The van der Waals surface area contributed by atoms with E-state index in [-0.39, 0.29) is 5.70 Å². The van der Waals surface area contributed by atoms with Crippen LogP contribution in [0, 0.1) is 17.0 Å². The Bertz CT molecular complexity index is 424. The Hall–Kier alpha value is -1.84. The van der Waals surface area contributed by atoms with Crippen LogP contribution in [0.1, 0.15) is 25.0 Å². The van der Waals surface area contributed by atoms with Gasteiger partial charge in [-0.3, -0.25) is 10.1 Å². The molecule has 86 valence electrons. The highest BCUT2D eigenvalue weighted by Crippen LogP contribution is 2.19. The Morgan fingerprint density at radius 2 is 2.25 bits per heavy atom. The number of hydrogen-bond acceptors (Lipinski definition) is 3. The minimum atomic E-state index is -0.393. The number of rotatable bonds is 4. The molecule has 4 heteroatoms. The van der Waals surface area contributed by atoms with E-state index in [9.17, 15) is 10.1 Å². The normalized spacial score (nSPS) is 11.3. The van der Waals surface area contributed by atoms with Crippen LogP contribution in [-0.2, 0) is 0 Å². The van der Waals surface area contributed by atoms with Gasteiger partial charge in [-0.2, -0.15) is 0 Å². The number of benzene rings is 1. The topological polar surface area (TPSA) is 52.4 Å². The third kappa shape index (κ3) is 3.08. The van der Waals surface area contributed by atoms with E-state index in [4.69, 9.17) is 4.74 Å². The van der Waals surface area contributed by atoms with E-state index in [2.05, 4.69) is 0 Å². The maximum atomic E-state index is 10.5. The van der Waals surface area contributed by atoms with Gasteiger partial charge in [0.2, 0.25) is 5.70 Å². The molecule has 0 unspecified atom stereocenters. The molecule has 4 nitrogen and oxygen atoms in total. The molecule has 1 aromatic rings. The zero-order chi connectivity index (χ0) is 12.1. The van der Waals surface area contributed by atoms with Gasteiger partial charge in [-0.05, 0) is 37.1 Å². The first-order chi connectivity index (χ1) is 7.54. The van der Waals surface area contributed by atoms with Gasteiger partial charge in [0, 0.05) is 13.0 Å². The van der Waals surface area contributed by atoms with Crippen LogP contribution in [0.4, 0.5) is 0 Å². The van der Waals surface area contributed by atoms with Crippen molar-refractivity contribution in [2.75, 3.05) is 6.61 Å². The summed E-state index contributed by atoms with van der Waals surface area (Å²) in [6.07, 6.45) is 1.56. The van der Waals surface area contributed by atoms with Crippen LogP contribution < -0.4 is 4.74 Å². The fraction of sp³-hybridized carbons (Fsp3) is 0.333. The van der Waals surface area contributed by atoms with E-state index < -0.39 is 4.92 Å². The summed E-state index contributed by atoms with van der Waals surface area (Å²) in [5.74, 6) is 0.788. The Morgan fingerprint density at radius 3 is 2.75 bits per heavy atom. The van der Waals surface area contributed by atoms with Crippen molar-refractivity contribution in [3.63, 3.8) is 0 Å². The summed E-state index contributed by atoms with van der Waals surface area (Å²) in [6, 6.07) is 5.52. The van der Waals surface area contributed by atoms with E-state index >= 15 is 0 Å². The molecule has 0 atom stereocenters. The van der Waals surface area contributed by atoms with E-state index in [1.807, 2.05) is 32.0 Å². The van der Waals surface area contributed by atoms with Crippen molar-refractivity contribution in [2.24, 2.45) is 0 Å². The molecule has 0 saturated carbocycles. The number of hydrogen-bond donors (Lipinski definition) is 0. The van der Waals surface area contributed by atoms with E-state index in [0.29, 0.717) is 6.61 Å². The van der Waals surface area contributed by atoms with Crippen molar-refractivity contribution in [1.82, 2.24) is 0 Å². The molecule has 16 heavy (non-hydrogen) atoms. The molecular weight excluding hydrogens is 206 g/mol. The summed E-state index contributed by atoms with van der Waals surface area (Å²) in [5.41, 5.74) is 1.94. The fourth-order valence-electron chi connectivity index (χ4n) is 1.34. The van der Waals surface area contributed by atoms with Crippen LogP contribution in [0.2, 0.25) is 0 Å². The fourth-order valence-corrected chi connectivity index (χ4v) is 1.34. The average Bonchev–Trinajstić information content (AvgIpc) is 2.22. The molecule has 0 fully saturated rings. The SMILES string of the molecule is CCOc1ccc(C=C(C)[N+](=O)[O-])c(C)c1. The van der Waals surface area contributed by atoms with Crippen LogP contribution in [0.5, 0.6) is 5.75 Å². The first kappa shape index (κ1) is 12.2. The van der Waals surface area contributed by atoms with Gasteiger partial charge in [-0.25, -0.2) is 0 Å². The van der Waals surface area contributed by atoms with Gasteiger partial charge in [-0.15, -0.1) is 0 Å². The van der Waals surface area contributed by atoms with Crippen LogP contribution in [0.3, 0.4) is 0 Å². The van der Waals surface area contributed by atoms with Crippen LogP contribution >= 0.6 is 0 Å². The molecule has 0 heterocycles. The molecule has 0 aliphatic heterocycles. The number of allylic oxidation sites excluding steroid dienone is 1. The monoisotopic (exact) mass is 221 g/mol. The minimum Gasteiger partial charge on any atom is -0.494 e. The molecule has 0 aromatic heterocycles. The molecule has 0 radical (unpaired) electrons. The highest BCUT2D eigenvalue weighted by molar-refractivity contribution is 5.56. The summed E-state index contributed by atoms with van der Waals surface area (Å²) in [6.45, 7) is 5.92. The Balaban J connectivity index is 2.99. The predicted octanol–water partition coefficient (Wildman–Crippen LogP) is 3.03. The van der Waals surface area contributed by atoms with E-state index in [1.165, 1.54) is 6.92 Å². The second-order valence-corrected chi connectivity index (χ2v) is 3.49. The largest absolute Gasteiger partial charge is 0.494 e. The Labute approximate surface area is 94.7 Å². The summed E-state index contributed by atoms with van der Waals surface area (Å²) >= 11 is 0. The Morgan fingerprint density at radius 1 is 1.56 bits per heavy atom. The maximum Gasteiger partial charge on any atom is 0.243 e. The maximum absolute atomic E-state index is 10.5. The molecule has 0 N–H and O–H groups in total. The minimum absolute atomic E-state index is 0.132. The number of ether oxygens (including phenoxy) is 1. The summed E-state index contributed by atoms with van der Waals surface area (Å²) in [4.78, 5) is 10.1. The molecule has 0 bridgehead atoms. The number of aryl methyl sites for hydroxylation is 1. The summed E-state index contributed by atoms with van der Waals surface area (Å²) in [7, 11) is 0. The van der Waals surface area contributed by atoms with E-state index in [1.54, 1.807) is 6.08 Å². The van der Waals surface area contributed by atoms with Crippen molar-refractivity contribution in [3.05, 3.63) is 45.1 Å². The zero-order valence-electron chi connectivity index (χ0n) is 9.69. The van der Waals surface area contributed by atoms with Gasteiger partial charge < -0.3 is 4.74 Å². The molecule has 0 saturated heterocycles. The third-order valence-corrected chi connectivity index (χ3v) is 2.20. The van der Waals surface area contributed by atoms with E-state index in [0.717, 1.165) is 16.9 Å². The lowest BCUT2D eigenvalue weighted by atomic mass is 10.1. The summed E-state index contributed by atoms with van der Waals surface area (Å²) < 4.78 is 5.34. The van der Waals surface area contributed by atoms with Gasteiger partial charge in [0.25, 0.3) is 0 Å². The van der Waals surface area contributed by atoms with Gasteiger partial charge in [-0.1, -0.05) is 6.07 Å². The lowest BCUT2D eigenvalue weighted by molar-refractivity contribution is -0.422. The quantitative estimate of drug-likeness (QED) is 0.580. The molecule has 1 aromatic carbocycles. The molecule has 1 rings (SSSR count). The summed E-state index contributed by atoms with van der Waals surface area (Å²) in [5, 5.41) is 10.5. The van der Waals surface area contributed by atoms with Crippen molar-refractivity contribution in [2.45, 2.75) is 20.8 Å². The van der Waals surface area contributed by atoms with Crippen molar-refractivity contribution in [3.8, 4) is 5.75 Å². The predicted molar refractivity (Wildman–Crippen MR) is 63.0 cm³/mol. The first-order valence-electron chi connectivity index (χ1n) is 5.10. The smallest absolute Gasteiger partial charge is 0.243 e. The third-order valence-electron chi connectivity index (χ3n) is 2.20. The van der Waals surface area contributed by atoms with Gasteiger partial charge >= 0.3 is 0 Å². The second-order valence-electron chi connectivity index (χ2n) is 3.49. The average molecular weight is 221 g/mol. The molecule has 0 aliphatic rings. The van der Waals surface area contributed by atoms with Crippen molar-refractivity contribution < 1.29 is 9.66 Å². The Kier molecular flexibility index (Phi) is 4.05. The number of nitro groups is 1. The zero-order valence-corrected chi connectivity index (χ0v) is 9.69. The first-order valence-corrected chi connectivity index (χ1v) is 5.10. The van der Waals surface area contributed by atoms with Gasteiger partial charge in [0.15, 0.2) is 0 Å². The highest BCUT2D eigenvalue weighted by atomic mass is 16.6. The molecule has 0 amide bonds. The number of nitrogens with zero attached hydrogens (tertiary/aromatic N) is 1. The molecular formula is C12H15NO3. The standard InChI is InChI=1S/C12H15NO3/c1-4-16-12-6-5-11(9(2)7-12)8-10(3)13(14)15/h5-8H,4H2,1-3H3. The van der Waals surface area contributed by atoms with Crippen LogP contribution in [0.25, 0.3) is 6.08 Å². The van der Waals surface area contributed by atoms with Gasteiger partial charge in [0.1, 0.15) is 5.75 Å². The lowest BCUT2D eigenvalue weighted by Gasteiger charge is -2.05. The van der Waals surface area contributed by atoms with Crippen molar-refractivity contribution in [1.29, 1.82) is 0 Å². The highest BCUT2D eigenvalue weighted by Gasteiger charge is 2.04. The van der Waals surface area contributed by atoms with Gasteiger partial charge in [0.05, 0.1) is 11.5 Å². The second kappa shape index (κ2) is 5.30. The lowest BCUT2D eigenvalue weighted by Crippen LogP contribution is -1.95. The molecule has 0 aliphatic carbocycles. The molecule has 0 spiro atoms. The van der Waals surface area contributed by atoms with Crippen LogP contribution in [0.15, 0.2) is 23.9 Å².